The summed E-state index contributed by atoms with van der Waals surface area (Å²) in [4.78, 5) is 10.3. The van der Waals surface area contributed by atoms with Crippen LogP contribution in [0.3, 0.4) is 0 Å². The summed E-state index contributed by atoms with van der Waals surface area (Å²) < 4.78 is 32.9. The lowest BCUT2D eigenvalue weighted by molar-refractivity contribution is -0.385. The molecular weight excluding hydrogens is 630 g/mol. The van der Waals surface area contributed by atoms with Crippen LogP contribution in [-0.4, -0.2) is 180 Å². The van der Waals surface area contributed by atoms with Crippen molar-refractivity contribution in [1.82, 2.24) is 0 Å². The first-order valence-electron chi connectivity index (χ1n) is 14.3. The molecule has 15 atom stereocenters. The number of aromatic hydroxyl groups is 1. The maximum atomic E-state index is 11.0. The third-order valence-corrected chi connectivity index (χ3v) is 7.98. The molecule has 4 rings (SSSR count). The molecule has 3 heterocycles. The van der Waals surface area contributed by atoms with Gasteiger partial charge in [-0.25, -0.2) is 0 Å². The molecule has 3 fully saturated rings. The average molecular weight is 670 g/mol. The summed E-state index contributed by atoms with van der Waals surface area (Å²) >= 11 is 0. The number of phenols is 1. The van der Waals surface area contributed by atoms with Crippen LogP contribution in [0.2, 0.25) is 0 Å². The number of ether oxygens (including phenoxy) is 6. The van der Waals surface area contributed by atoms with E-state index >= 15 is 0 Å². The Morgan fingerprint density at radius 2 is 1.15 bits per heavy atom. The van der Waals surface area contributed by atoms with Crippen LogP contribution in [0.4, 0.5) is 5.69 Å². The Bertz CT molecular complexity index is 1140. The van der Waals surface area contributed by atoms with Crippen LogP contribution in [0.25, 0.3) is 0 Å². The van der Waals surface area contributed by atoms with E-state index in [0.717, 1.165) is 12.1 Å². The summed E-state index contributed by atoms with van der Waals surface area (Å²) in [6, 6.07) is 3.69. The fourth-order valence-electron chi connectivity index (χ4n) is 5.34. The highest BCUT2D eigenvalue weighted by molar-refractivity contribution is 5.47. The molecule has 1 aromatic carbocycles. The fraction of sp³-hybridized carbons (Fsp3) is 0.769. The molecule has 0 saturated carbocycles. The topological polar surface area (TPSA) is 321 Å². The Kier molecular flexibility index (Phi) is 12.6. The molecule has 0 unspecified atom stereocenters. The van der Waals surface area contributed by atoms with Crippen LogP contribution in [0, 0.1) is 10.1 Å². The summed E-state index contributed by atoms with van der Waals surface area (Å²) in [7, 11) is 0. The molecule has 46 heavy (non-hydrogen) atoms. The number of benzene rings is 1. The minimum Gasteiger partial charge on any atom is -0.502 e. The zero-order valence-electron chi connectivity index (χ0n) is 24.1. The molecule has 0 amide bonds. The van der Waals surface area contributed by atoms with E-state index in [0.29, 0.717) is 5.56 Å². The van der Waals surface area contributed by atoms with Crippen molar-refractivity contribution in [2.45, 2.75) is 98.5 Å². The number of aliphatic hydroxyl groups excluding tert-OH is 10. The number of aliphatic hydroxyl groups is 10. The number of phenolic OH excluding ortho intramolecular Hbond substituents is 1. The Balaban J connectivity index is 1.37. The van der Waals surface area contributed by atoms with Crippen LogP contribution < -0.4 is 0 Å². The summed E-state index contributed by atoms with van der Waals surface area (Å²) in [6.45, 7) is -2.60. The van der Waals surface area contributed by atoms with Gasteiger partial charge in [-0.2, -0.15) is 0 Å². The maximum Gasteiger partial charge on any atom is 0.310 e. The normalized spacial score (nSPS) is 41.7. The van der Waals surface area contributed by atoms with Gasteiger partial charge in [-0.05, 0) is 18.1 Å². The van der Waals surface area contributed by atoms with Crippen LogP contribution >= 0.6 is 0 Å². The smallest absolute Gasteiger partial charge is 0.310 e. The first-order chi connectivity index (χ1) is 21.8. The van der Waals surface area contributed by atoms with Crippen molar-refractivity contribution in [1.29, 1.82) is 0 Å². The summed E-state index contributed by atoms with van der Waals surface area (Å²) in [5.74, 6) is -0.526. The van der Waals surface area contributed by atoms with E-state index in [4.69, 9.17) is 28.4 Å². The van der Waals surface area contributed by atoms with E-state index in [9.17, 15) is 66.3 Å². The second-order valence-electron chi connectivity index (χ2n) is 11.0. The van der Waals surface area contributed by atoms with Crippen molar-refractivity contribution in [3.05, 3.63) is 33.9 Å². The Hall–Kier alpha value is -2.22. The number of hydrogen-bond donors (Lipinski definition) is 11. The lowest BCUT2D eigenvalue weighted by Crippen LogP contribution is -2.66. The predicted octanol–water partition coefficient (Wildman–Crippen LogP) is -5.69. The van der Waals surface area contributed by atoms with E-state index < -0.39 is 128 Å². The van der Waals surface area contributed by atoms with Gasteiger partial charge in [0, 0.05) is 6.07 Å². The van der Waals surface area contributed by atoms with Crippen molar-refractivity contribution in [3.8, 4) is 5.75 Å². The zero-order chi connectivity index (χ0) is 33.9. The van der Waals surface area contributed by atoms with Gasteiger partial charge in [0.05, 0.1) is 31.4 Å². The average Bonchev–Trinajstić information content (AvgIpc) is 3.04. The van der Waals surface area contributed by atoms with Crippen molar-refractivity contribution >= 4 is 5.69 Å². The third-order valence-electron chi connectivity index (χ3n) is 7.98. The predicted molar refractivity (Wildman–Crippen MR) is 143 cm³/mol. The number of nitro groups is 1. The Morgan fingerprint density at radius 3 is 1.67 bits per heavy atom. The summed E-state index contributed by atoms with van der Waals surface area (Å²) in [5, 5.41) is 123. The molecule has 1 aromatic rings. The van der Waals surface area contributed by atoms with Gasteiger partial charge >= 0.3 is 5.69 Å². The number of nitro benzene ring substituents is 1. The molecular formula is C26H39NO19. The molecule has 0 bridgehead atoms. The molecule has 3 aliphatic rings. The zero-order valence-corrected chi connectivity index (χ0v) is 24.1. The second kappa shape index (κ2) is 15.8. The van der Waals surface area contributed by atoms with Gasteiger partial charge in [0.1, 0.15) is 73.2 Å². The van der Waals surface area contributed by atoms with Gasteiger partial charge in [-0.15, -0.1) is 0 Å². The van der Waals surface area contributed by atoms with Gasteiger partial charge in [0.2, 0.25) is 0 Å². The maximum absolute atomic E-state index is 11.0. The first-order valence-corrected chi connectivity index (χ1v) is 14.3. The van der Waals surface area contributed by atoms with E-state index in [1.807, 2.05) is 0 Å². The third kappa shape index (κ3) is 7.73. The molecule has 11 N–H and O–H groups in total. The van der Waals surface area contributed by atoms with Gasteiger partial charge in [0.15, 0.2) is 24.6 Å². The molecule has 0 aromatic heterocycles. The van der Waals surface area contributed by atoms with E-state index in [1.165, 1.54) is 6.07 Å². The molecule has 3 aliphatic heterocycles. The molecule has 0 radical (unpaired) electrons. The van der Waals surface area contributed by atoms with E-state index in [2.05, 4.69) is 0 Å². The minimum atomic E-state index is -1.97. The molecule has 0 spiro atoms. The quantitative estimate of drug-likeness (QED) is 0.0729. The minimum absolute atomic E-state index is 0.0718. The van der Waals surface area contributed by atoms with Gasteiger partial charge in [-0.3, -0.25) is 10.1 Å². The number of rotatable bonds is 12. The van der Waals surface area contributed by atoms with Gasteiger partial charge in [-0.1, -0.05) is 6.07 Å². The van der Waals surface area contributed by atoms with Crippen LogP contribution in [0.15, 0.2) is 18.2 Å². The Morgan fingerprint density at radius 1 is 0.674 bits per heavy atom. The van der Waals surface area contributed by atoms with E-state index in [-0.39, 0.29) is 13.0 Å². The Labute approximate surface area is 260 Å². The van der Waals surface area contributed by atoms with E-state index in [1.54, 1.807) is 0 Å². The monoisotopic (exact) mass is 669 g/mol. The highest BCUT2D eigenvalue weighted by atomic mass is 16.8. The number of nitrogens with zero attached hydrogens (tertiary/aromatic N) is 1. The second-order valence-corrected chi connectivity index (χ2v) is 11.0. The van der Waals surface area contributed by atoms with Crippen LogP contribution in [0.1, 0.15) is 5.56 Å². The largest absolute Gasteiger partial charge is 0.502 e. The lowest BCUT2D eigenvalue weighted by Gasteiger charge is -2.48. The summed E-state index contributed by atoms with van der Waals surface area (Å²) in [6.07, 6.45) is -25.3. The number of hydrogen-bond acceptors (Lipinski definition) is 19. The first kappa shape index (κ1) is 36.6. The van der Waals surface area contributed by atoms with Crippen molar-refractivity contribution in [3.63, 3.8) is 0 Å². The van der Waals surface area contributed by atoms with Crippen molar-refractivity contribution in [2.24, 2.45) is 0 Å². The fourth-order valence-corrected chi connectivity index (χ4v) is 5.34. The molecule has 3 saturated heterocycles. The van der Waals surface area contributed by atoms with Crippen molar-refractivity contribution in [2.75, 3.05) is 26.4 Å². The molecule has 262 valence electrons. The lowest BCUT2D eigenvalue weighted by atomic mass is 9.96. The van der Waals surface area contributed by atoms with Crippen molar-refractivity contribution < 1.29 is 89.5 Å². The summed E-state index contributed by atoms with van der Waals surface area (Å²) in [5.41, 5.74) is -0.112. The molecule has 20 heteroatoms. The molecule has 20 nitrogen and oxygen atoms in total. The standard InChI is InChI=1S/C26H39NO19/c28-6-12-15(32)16(33)19(36)25(42-12)45-23-14(8-30)44-26(21(38)18(23)35)46-22-13(7-29)43-24(20(37)17(22)34)41-4-3-9-1-2-11(31)10(5-9)27(39)40/h1-2,5,12-26,28-38H,3-4,6-8H2/t12-,13-,14-,15-,16+,17-,18-,19-,20-,21-,22-,23-,24-,25-,26-/m1/s1. The SMILES string of the molecule is O=[N+]([O-])c1cc(CCO[C@@H]2O[C@H](CO)[C@@H](O[C@H]3O[C@H](CO)[C@@H](O[C@H]4O[C@H](CO)[C@@H](O)[C@H](O)[C@H]4O)[C@H](O)[C@H]3O)[C@H](O)[C@H]2O)ccc1O. The van der Waals surface area contributed by atoms with Crippen LogP contribution in [0.5, 0.6) is 5.75 Å². The van der Waals surface area contributed by atoms with Gasteiger partial charge < -0.3 is 84.6 Å². The molecule has 0 aliphatic carbocycles. The van der Waals surface area contributed by atoms with Gasteiger partial charge in [0.25, 0.3) is 0 Å². The highest BCUT2D eigenvalue weighted by Gasteiger charge is 2.53. The highest BCUT2D eigenvalue weighted by Crippen LogP contribution is 2.33. The van der Waals surface area contributed by atoms with Crippen LogP contribution in [-0.2, 0) is 34.8 Å².